The van der Waals surface area contributed by atoms with Crippen molar-refractivity contribution >= 4 is 23.3 Å². The van der Waals surface area contributed by atoms with Crippen LogP contribution >= 0.6 is 0 Å². The first-order valence-corrected chi connectivity index (χ1v) is 7.10. The van der Waals surface area contributed by atoms with Gasteiger partial charge in [-0.05, 0) is 32.4 Å². The number of urea groups is 1. The Morgan fingerprint density at radius 3 is 2.24 bits per heavy atom. The topological polar surface area (TPSA) is 70.2 Å². The molecule has 0 fully saturated rings. The first kappa shape index (κ1) is 17.0. The van der Waals surface area contributed by atoms with Crippen LogP contribution < -0.4 is 16.0 Å². The van der Waals surface area contributed by atoms with Gasteiger partial charge in [-0.15, -0.1) is 0 Å². The predicted molar refractivity (Wildman–Crippen MR) is 86.6 cm³/mol. The maximum Gasteiger partial charge on any atom is 0.319 e. The van der Waals surface area contributed by atoms with Gasteiger partial charge in [0, 0.05) is 11.5 Å². The summed E-state index contributed by atoms with van der Waals surface area (Å²) in [5, 5.41) is 8.43. The summed E-state index contributed by atoms with van der Waals surface area (Å²) < 4.78 is 0. The maximum absolute atomic E-state index is 12.2. The van der Waals surface area contributed by atoms with Crippen LogP contribution in [0.1, 0.15) is 40.2 Å². The van der Waals surface area contributed by atoms with E-state index in [0.29, 0.717) is 11.4 Å². The summed E-state index contributed by atoms with van der Waals surface area (Å²) in [5.74, 6) is -0.0934. The van der Waals surface area contributed by atoms with Crippen molar-refractivity contribution in [2.45, 2.75) is 47.6 Å². The van der Waals surface area contributed by atoms with E-state index in [1.807, 2.05) is 53.7 Å². The molecular weight excluding hydrogens is 266 g/mol. The highest BCUT2D eigenvalue weighted by Crippen LogP contribution is 2.27. The van der Waals surface area contributed by atoms with E-state index in [9.17, 15) is 9.59 Å². The molecule has 5 heteroatoms. The normalized spacial score (nSPS) is 11.2. The highest BCUT2D eigenvalue weighted by molar-refractivity contribution is 6.01. The minimum Gasteiger partial charge on any atom is -0.336 e. The smallest absolute Gasteiger partial charge is 0.319 e. The average molecular weight is 291 g/mol. The third-order valence-electron chi connectivity index (χ3n) is 2.86. The number of rotatable bonds is 3. The first-order valence-electron chi connectivity index (χ1n) is 7.10. The Hall–Kier alpha value is -2.04. The second-order valence-electron chi connectivity index (χ2n) is 6.45. The number of carbonyl (C=O) groups is 2. The van der Waals surface area contributed by atoms with Crippen molar-refractivity contribution < 1.29 is 9.59 Å². The molecule has 0 radical (unpaired) electrons. The fourth-order valence-corrected chi connectivity index (χ4v) is 1.66. The standard InChI is InChI=1S/C16H25N3O2/c1-10(2)17-15(21)18-12-9-7-8-11(3)13(12)19-14(20)16(4,5)6/h7-10H,1-6H3,(H,19,20)(H2,17,18,21). The molecule has 5 nitrogen and oxygen atoms in total. The minimum absolute atomic E-state index is 0.0439. The van der Waals surface area contributed by atoms with E-state index < -0.39 is 5.41 Å². The van der Waals surface area contributed by atoms with Gasteiger partial charge in [0.05, 0.1) is 11.4 Å². The van der Waals surface area contributed by atoms with Crippen LogP contribution in [-0.4, -0.2) is 18.0 Å². The zero-order valence-electron chi connectivity index (χ0n) is 13.6. The van der Waals surface area contributed by atoms with Gasteiger partial charge >= 0.3 is 6.03 Å². The van der Waals surface area contributed by atoms with E-state index >= 15 is 0 Å². The lowest BCUT2D eigenvalue weighted by Crippen LogP contribution is -2.35. The summed E-state index contributed by atoms with van der Waals surface area (Å²) in [6.07, 6.45) is 0. The summed E-state index contributed by atoms with van der Waals surface area (Å²) in [4.78, 5) is 24.0. The van der Waals surface area contributed by atoms with E-state index in [1.165, 1.54) is 0 Å². The fraction of sp³-hybridized carbons (Fsp3) is 0.500. The number of amides is 3. The summed E-state index contributed by atoms with van der Waals surface area (Å²) in [6.45, 7) is 11.2. The van der Waals surface area contributed by atoms with E-state index in [4.69, 9.17) is 0 Å². The Morgan fingerprint density at radius 1 is 1.10 bits per heavy atom. The molecule has 116 valence electrons. The average Bonchev–Trinajstić information content (AvgIpc) is 2.30. The molecule has 0 saturated carbocycles. The molecule has 0 bridgehead atoms. The van der Waals surface area contributed by atoms with Gasteiger partial charge in [0.1, 0.15) is 0 Å². The largest absolute Gasteiger partial charge is 0.336 e. The second-order valence-corrected chi connectivity index (χ2v) is 6.45. The van der Waals surface area contributed by atoms with Gasteiger partial charge in [-0.3, -0.25) is 4.79 Å². The summed E-state index contributed by atoms with van der Waals surface area (Å²) in [6, 6.07) is 5.26. The zero-order valence-corrected chi connectivity index (χ0v) is 13.6. The van der Waals surface area contributed by atoms with Gasteiger partial charge in [0.25, 0.3) is 0 Å². The molecule has 0 spiro atoms. The lowest BCUT2D eigenvalue weighted by molar-refractivity contribution is -0.123. The van der Waals surface area contributed by atoms with Gasteiger partial charge in [0.2, 0.25) is 5.91 Å². The van der Waals surface area contributed by atoms with Crippen LogP contribution in [-0.2, 0) is 4.79 Å². The Bertz CT molecular complexity index is 531. The molecule has 0 aliphatic carbocycles. The van der Waals surface area contributed by atoms with Crippen LogP contribution in [0.2, 0.25) is 0 Å². The van der Waals surface area contributed by atoms with Crippen molar-refractivity contribution in [3.63, 3.8) is 0 Å². The molecule has 0 heterocycles. The van der Waals surface area contributed by atoms with Crippen molar-refractivity contribution in [2.24, 2.45) is 5.41 Å². The summed E-state index contributed by atoms with van der Waals surface area (Å²) in [5.41, 5.74) is 1.62. The highest BCUT2D eigenvalue weighted by Gasteiger charge is 2.23. The minimum atomic E-state index is -0.500. The Labute approximate surface area is 126 Å². The number of carbonyl (C=O) groups excluding carboxylic acids is 2. The molecule has 0 saturated heterocycles. The molecule has 3 amide bonds. The first-order chi connectivity index (χ1) is 9.61. The van der Waals surface area contributed by atoms with Crippen molar-refractivity contribution in [3.05, 3.63) is 23.8 Å². The third kappa shape index (κ3) is 5.10. The molecule has 3 N–H and O–H groups in total. The number of hydrogen-bond donors (Lipinski definition) is 3. The molecule has 0 aliphatic heterocycles. The monoisotopic (exact) mass is 291 g/mol. The van der Waals surface area contributed by atoms with Crippen LogP contribution in [0.25, 0.3) is 0 Å². The lowest BCUT2D eigenvalue weighted by atomic mass is 9.95. The number of benzene rings is 1. The fourth-order valence-electron chi connectivity index (χ4n) is 1.66. The molecule has 21 heavy (non-hydrogen) atoms. The Balaban J connectivity index is 2.98. The van der Waals surface area contributed by atoms with Crippen molar-refractivity contribution in [3.8, 4) is 0 Å². The SMILES string of the molecule is Cc1cccc(NC(=O)NC(C)C)c1NC(=O)C(C)(C)C. The zero-order chi connectivity index (χ0) is 16.2. The number of anilines is 2. The van der Waals surface area contributed by atoms with E-state index in [1.54, 1.807) is 6.07 Å². The lowest BCUT2D eigenvalue weighted by Gasteiger charge is -2.21. The Morgan fingerprint density at radius 2 is 1.71 bits per heavy atom. The maximum atomic E-state index is 12.2. The molecule has 0 aromatic heterocycles. The molecule has 1 rings (SSSR count). The summed E-state index contributed by atoms with van der Waals surface area (Å²) in [7, 11) is 0. The van der Waals surface area contributed by atoms with Crippen LogP contribution in [0.15, 0.2) is 18.2 Å². The number of aryl methyl sites for hydroxylation is 1. The number of hydrogen-bond acceptors (Lipinski definition) is 2. The molecule has 0 unspecified atom stereocenters. The second kappa shape index (κ2) is 6.61. The molecule has 1 aromatic rings. The number of nitrogens with one attached hydrogen (secondary N) is 3. The van der Waals surface area contributed by atoms with E-state index in [-0.39, 0.29) is 18.0 Å². The van der Waals surface area contributed by atoms with Crippen LogP contribution in [0.5, 0.6) is 0 Å². The van der Waals surface area contributed by atoms with Gasteiger partial charge in [-0.2, -0.15) is 0 Å². The van der Waals surface area contributed by atoms with Gasteiger partial charge < -0.3 is 16.0 Å². The van der Waals surface area contributed by atoms with Gasteiger partial charge in [0.15, 0.2) is 0 Å². The Kier molecular flexibility index (Phi) is 5.35. The van der Waals surface area contributed by atoms with Crippen LogP contribution in [0, 0.1) is 12.3 Å². The van der Waals surface area contributed by atoms with Crippen molar-refractivity contribution in [1.82, 2.24) is 5.32 Å². The van der Waals surface area contributed by atoms with E-state index in [2.05, 4.69) is 16.0 Å². The quantitative estimate of drug-likeness (QED) is 0.797. The van der Waals surface area contributed by atoms with Crippen LogP contribution in [0.4, 0.5) is 16.2 Å². The molecule has 0 atom stereocenters. The molecule has 0 aliphatic rings. The van der Waals surface area contributed by atoms with Crippen LogP contribution in [0.3, 0.4) is 0 Å². The van der Waals surface area contributed by atoms with Gasteiger partial charge in [-0.25, -0.2) is 4.79 Å². The third-order valence-corrected chi connectivity index (χ3v) is 2.86. The summed E-state index contributed by atoms with van der Waals surface area (Å²) >= 11 is 0. The van der Waals surface area contributed by atoms with Gasteiger partial charge in [-0.1, -0.05) is 32.9 Å². The predicted octanol–water partition coefficient (Wildman–Crippen LogP) is 3.51. The van der Waals surface area contributed by atoms with Crippen molar-refractivity contribution in [2.75, 3.05) is 10.6 Å². The number of para-hydroxylation sites is 1. The van der Waals surface area contributed by atoms with Crippen molar-refractivity contribution in [1.29, 1.82) is 0 Å². The molecule has 1 aromatic carbocycles. The highest BCUT2D eigenvalue weighted by atomic mass is 16.2. The van der Waals surface area contributed by atoms with E-state index in [0.717, 1.165) is 5.56 Å². The molecular formula is C16H25N3O2.